The minimum Gasteiger partial charge on any atom is -0.394 e. The first-order valence-electron chi connectivity index (χ1n) is 6.73. The highest BCUT2D eigenvalue weighted by atomic mass is 16.7. The molecular weight excluding hydrogens is 292 g/mol. The number of anilines is 1. The maximum atomic E-state index is 10.3. The van der Waals surface area contributed by atoms with Gasteiger partial charge >= 0.3 is 0 Å². The van der Waals surface area contributed by atoms with E-state index in [1.165, 1.54) is 12.7 Å². The van der Waals surface area contributed by atoms with Crippen molar-refractivity contribution >= 4 is 17.0 Å². The van der Waals surface area contributed by atoms with Crippen molar-refractivity contribution in [3.05, 3.63) is 12.7 Å². The van der Waals surface area contributed by atoms with Gasteiger partial charge in [0.05, 0.1) is 12.9 Å². The average molecular weight is 310 g/mol. The van der Waals surface area contributed by atoms with Crippen molar-refractivity contribution in [2.24, 2.45) is 5.90 Å². The first-order chi connectivity index (χ1) is 10.6. The minimum atomic E-state index is -1.06. The maximum absolute atomic E-state index is 10.3. The first-order valence-corrected chi connectivity index (χ1v) is 6.73. The molecule has 0 aromatic carbocycles. The summed E-state index contributed by atoms with van der Waals surface area (Å²) in [5.41, 5.74) is 1.10. The van der Waals surface area contributed by atoms with Crippen molar-refractivity contribution in [2.45, 2.75) is 24.5 Å². The summed E-state index contributed by atoms with van der Waals surface area (Å²) in [5, 5.41) is 19.6. The molecule has 1 aliphatic rings. The Kier molecular flexibility index (Phi) is 3.93. The Labute approximate surface area is 126 Å². The SMILES string of the molecule is CN(C)c1ncnc2c1ncn2[C@@H]1O[C@H](CO)C(ON)C1O. The van der Waals surface area contributed by atoms with Crippen LogP contribution in [-0.2, 0) is 9.57 Å². The van der Waals surface area contributed by atoms with Crippen molar-refractivity contribution in [3.8, 4) is 0 Å². The molecule has 0 radical (unpaired) electrons. The smallest absolute Gasteiger partial charge is 0.167 e. The normalized spacial score (nSPS) is 28.4. The first kappa shape index (κ1) is 15.1. The number of rotatable bonds is 4. The lowest BCUT2D eigenvalue weighted by molar-refractivity contribution is -0.0613. The van der Waals surface area contributed by atoms with Crippen LogP contribution < -0.4 is 10.8 Å². The van der Waals surface area contributed by atoms with Crippen molar-refractivity contribution in [1.82, 2.24) is 19.5 Å². The van der Waals surface area contributed by atoms with Gasteiger partial charge in [-0.15, -0.1) is 0 Å². The third kappa shape index (κ3) is 2.21. The number of aliphatic hydroxyl groups is 2. The van der Waals surface area contributed by atoms with Crippen LogP contribution in [0.25, 0.3) is 11.2 Å². The zero-order valence-corrected chi connectivity index (χ0v) is 12.2. The maximum Gasteiger partial charge on any atom is 0.167 e. The highest BCUT2D eigenvalue weighted by Gasteiger charge is 2.45. The van der Waals surface area contributed by atoms with E-state index in [1.807, 2.05) is 19.0 Å². The molecule has 0 saturated carbocycles. The number of fused-ring (bicyclic) bond motifs is 1. The fourth-order valence-electron chi connectivity index (χ4n) is 2.62. The molecule has 0 bridgehead atoms. The number of hydrogen-bond acceptors (Lipinski definition) is 9. The molecule has 0 aliphatic carbocycles. The highest BCUT2D eigenvalue weighted by Crippen LogP contribution is 2.33. The van der Waals surface area contributed by atoms with Crippen molar-refractivity contribution < 1.29 is 19.8 Å². The van der Waals surface area contributed by atoms with E-state index in [0.717, 1.165) is 0 Å². The Morgan fingerprint density at radius 1 is 1.41 bits per heavy atom. The second kappa shape index (κ2) is 5.74. The highest BCUT2D eigenvalue weighted by molar-refractivity contribution is 5.83. The summed E-state index contributed by atoms with van der Waals surface area (Å²) in [5.74, 6) is 5.83. The number of aliphatic hydroxyl groups excluding tert-OH is 2. The van der Waals surface area contributed by atoms with E-state index in [0.29, 0.717) is 17.0 Å². The second-order valence-electron chi connectivity index (χ2n) is 5.25. The molecular formula is C12H18N6O4. The molecule has 1 fully saturated rings. The number of nitrogens with zero attached hydrogens (tertiary/aromatic N) is 5. The van der Waals surface area contributed by atoms with Gasteiger partial charge in [-0.1, -0.05) is 0 Å². The molecule has 2 aromatic rings. The van der Waals surface area contributed by atoms with E-state index in [-0.39, 0.29) is 6.61 Å². The predicted octanol–water partition coefficient (Wildman–Crippen LogP) is -1.60. The zero-order chi connectivity index (χ0) is 15.9. The van der Waals surface area contributed by atoms with Crippen molar-refractivity contribution in [2.75, 3.05) is 25.6 Å². The average Bonchev–Trinajstić information content (AvgIpc) is 3.07. The summed E-state index contributed by atoms with van der Waals surface area (Å²) in [4.78, 5) is 19.2. The van der Waals surface area contributed by atoms with Gasteiger partial charge < -0.3 is 19.8 Å². The summed E-state index contributed by atoms with van der Waals surface area (Å²) in [7, 11) is 3.70. The molecule has 2 unspecified atom stereocenters. The summed E-state index contributed by atoms with van der Waals surface area (Å²) >= 11 is 0. The predicted molar refractivity (Wildman–Crippen MR) is 75.7 cm³/mol. The van der Waals surface area contributed by atoms with E-state index in [4.69, 9.17) is 15.5 Å². The van der Waals surface area contributed by atoms with Crippen LogP contribution in [0, 0.1) is 0 Å². The molecule has 22 heavy (non-hydrogen) atoms. The molecule has 0 spiro atoms. The Morgan fingerprint density at radius 3 is 2.77 bits per heavy atom. The second-order valence-corrected chi connectivity index (χ2v) is 5.25. The molecule has 0 amide bonds. The quantitative estimate of drug-likeness (QED) is 0.571. The van der Waals surface area contributed by atoms with E-state index < -0.39 is 24.5 Å². The Bertz CT molecular complexity index is 662. The molecule has 4 N–H and O–H groups in total. The van der Waals surface area contributed by atoms with Crippen LogP contribution in [0.5, 0.6) is 0 Å². The lowest BCUT2D eigenvalue weighted by Gasteiger charge is -2.17. The monoisotopic (exact) mass is 310 g/mol. The minimum absolute atomic E-state index is 0.319. The largest absolute Gasteiger partial charge is 0.394 e. The molecule has 10 heteroatoms. The van der Waals surface area contributed by atoms with Gasteiger partial charge in [0, 0.05) is 14.1 Å². The molecule has 1 aliphatic heterocycles. The fourth-order valence-corrected chi connectivity index (χ4v) is 2.62. The van der Waals surface area contributed by atoms with Gasteiger partial charge in [0.15, 0.2) is 23.2 Å². The third-order valence-corrected chi connectivity index (χ3v) is 3.68. The van der Waals surface area contributed by atoms with Crippen molar-refractivity contribution in [3.63, 3.8) is 0 Å². The van der Waals surface area contributed by atoms with Crippen LogP contribution in [0.15, 0.2) is 12.7 Å². The van der Waals surface area contributed by atoms with E-state index in [2.05, 4.69) is 15.0 Å². The molecule has 10 nitrogen and oxygen atoms in total. The van der Waals surface area contributed by atoms with Gasteiger partial charge in [-0.25, -0.2) is 20.8 Å². The van der Waals surface area contributed by atoms with Crippen LogP contribution in [0.2, 0.25) is 0 Å². The number of hydrogen-bond donors (Lipinski definition) is 3. The van der Waals surface area contributed by atoms with Crippen LogP contribution >= 0.6 is 0 Å². The van der Waals surface area contributed by atoms with Gasteiger partial charge in [0.1, 0.15) is 24.6 Å². The van der Waals surface area contributed by atoms with E-state index in [1.54, 1.807) is 4.57 Å². The summed E-state index contributed by atoms with van der Waals surface area (Å²) in [6, 6.07) is 0. The van der Waals surface area contributed by atoms with Gasteiger partial charge in [-0.2, -0.15) is 0 Å². The summed E-state index contributed by atoms with van der Waals surface area (Å²) < 4.78 is 7.20. The van der Waals surface area contributed by atoms with E-state index >= 15 is 0 Å². The number of nitrogens with two attached hydrogens (primary N) is 1. The number of aromatic nitrogens is 4. The Balaban J connectivity index is 2.03. The molecule has 120 valence electrons. The molecule has 3 heterocycles. The molecule has 3 rings (SSSR count). The lowest BCUT2D eigenvalue weighted by atomic mass is 10.1. The number of imidazole rings is 1. The molecule has 2 aromatic heterocycles. The fraction of sp³-hybridized carbons (Fsp3) is 0.583. The van der Waals surface area contributed by atoms with Crippen LogP contribution in [0.4, 0.5) is 5.82 Å². The standard InChI is InChI=1S/C12H18N6O4/c1-17(2)10-7-11(15-4-14-10)18(5-16-7)12-8(20)9(22-13)6(3-19)21-12/h4-6,8-9,12,19-20H,3,13H2,1-2H3/t6-,8?,9?,12-/m1/s1. The molecule has 1 saturated heterocycles. The number of ether oxygens (including phenoxy) is 1. The van der Waals surface area contributed by atoms with Gasteiger partial charge in [-0.05, 0) is 0 Å². The van der Waals surface area contributed by atoms with Crippen LogP contribution in [0.3, 0.4) is 0 Å². The van der Waals surface area contributed by atoms with Crippen molar-refractivity contribution in [1.29, 1.82) is 0 Å². The van der Waals surface area contributed by atoms with Gasteiger partial charge in [0.25, 0.3) is 0 Å². The lowest BCUT2D eigenvalue weighted by Crippen LogP contribution is -2.38. The Morgan fingerprint density at radius 2 is 2.18 bits per heavy atom. The zero-order valence-electron chi connectivity index (χ0n) is 12.2. The van der Waals surface area contributed by atoms with Crippen LogP contribution in [0.1, 0.15) is 6.23 Å². The topological polar surface area (TPSA) is 132 Å². The van der Waals surface area contributed by atoms with Gasteiger partial charge in [-0.3, -0.25) is 9.40 Å². The summed E-state index contributed by atoms with van der Waals surface area (Å²) in [6.07, 6.45) is -0.497. The van der Waals surface area contributed by atoms with Gasteiger partial charge in [0.2, 0.25) is 0 Å². The third-order valence-electron chi connectivity index (χ3n) is 3.68. The summed E-state index contributed by atoms with van der Waals surface area (Å²) in [6.45, 7) is -0.319. The molecule has 4 atom stereocenters. The Hall–Kier alpha value is -1.85. The van der Waals surface area contributed by atoms with Crippen LogP contribution in [-0.4, -0.2) is 68.7 Å². The van der Waals surface area contributed by atoms with E-state index in [9.17, 15) is 10.2 Å².